The summed E-state index contributed by atoms with van der Waals surface area (Å²) in [7, 11) is 0. The van der Waals surface area contributed by atoms with Gasteiger partial charge in [0.15, 0.2) is 0 Å². The van der Waals surface area contributed by atoms with Crippen molar-refractivity contribution in [3.63, 3.8) is 0 Å². The Balaban J connectivity index is 1.86. The van der Waals surface area contributed by atoms with E-state index in [1.54, 1.807) is 12.1 Å². The van der Waals surface area contributed by atoms with E-state index in [-0.39, 0.29) is 11.9 Å². The fourth-order valence-corrected chi connectivity index (χ4v) is 3.00. The van der Waals surface area contributed by atoms with Crippen LogP contribution in [0.15, 0.2) is 28.8 Å². The van der Waals surface area contributed by atoms with Crippen molar-refractivity contribution >= 4 is 17.5 Å². The number of likely N-dealkylation sites (tertiary alicyclic amines) is 1. The van der Waals surface area contributed by atoms with Crippen molar-refractivity contribution < 1.29 is 9.32 Å². The molecule has 122 valence electrons. The lowest BCUT2D eigenvalue weighted by Gasteiger charge is -2.29. The van der Waals surface area contributed by atoms with Crippen molar-refractivity contribution in [1.29, 1.82) is 0 Å². The van der Waals surface area contributed by atoms with Crippen LogP contribution in [0.1, 0.15) is 45.5 Å². The quantitative estimate of drug-likeness (QED) is 0.830. The summed E-state index contributed by atoms with van der Waals surface area (Å²) in [6, 6.07) is 7.18. The van der Waals surface area contributed by atoms with Gasteiger partial charge in [-0.05, 0) is 25.0 Å². The van der Waals surface area contributed by atoms with Gasteiger partial charge in [0.2, 0.25) is 17.6 Å². The molecule has 0 radical (unpaired) electrons. The fourth-order valence-electron chi connectivity index (χ4n) is 2.81. The fraction of sp³-hybridized carbons (Fsp3) is 0.471. The van der Waals surface area contributed by atoms with E-state index in [1.807, 2.05) is 37.8 Å². The molecular formula is C17H20ClN3O2. The summed E-state index contributed by atoms with van der Waals surface area (Å²) in [5.74, 6) is 1.11. The van der Waals surface area contributed by atoms with Gasteiger partial charge in [-0.2, -0.15) is 4.98 Å². The van der Waals surface area contributed by atoms with E-state index >= 15 is 0 Å². The van der Waals surface area contributed by atoms with Crippen molar-refractivity contribution in [2.45, 2.75) is 39.7 Å². The second-order valence-electron chi connectivity index (χ2n) is 6.87. The predicted octanol–water partition coefficient (Wildman–Crippen LogP) is 4.10. The molecule has 3 rings (SSSR count). The molecule has 1 aromatic heterocycles. The average Bonchev–Trinajstić information content (AvgIpc) is 3.14. The number of hydrogen-bond donors (Lipinski definition) is 0. The highest BCUT2D eigenvalue weighted by atomic mass is 35.5. The van der Waals surface area contributed by atoms with E-state index in [9.17, 15) is 4.79 Å². The van der Waals surface area contributed by atoms with E-state index in [2.05, 4.69) is 10.1 Å². The lowest BCUT2D eigenvalue weighted by atomic mass is 9.94. The molecular weight excluding hydrogens is 314 g/mol. The first kappa shape index (κ1) is 16.0. The normalized spacial score (nSPS) is 18.4. The second kappa shape index (κ2) is 5.96. The Labute approximate surface area is 140 Å². The number of amides is 1. The van der Waals surface area contributed by atoms with Crippen LogP contribution in [0, 0.1) is 5.41 Å². The zero-order valence-electron chi connectivity index (χ0n) is 13.5. The Morgan fingerprint density at radius 1 is 1.39 bits per heavy atom. The summed E-state index contributed by atoms with van der Waals surface area (Å²) < 4.78 is 5.44. The summed E-state index contributed by atoms with van der Waals surface area (Å²) in [6.45, 7) is 6.51. The minimum atomic E-state index is -0.418. The van der Waals surface area contributed by atoms with E-state index in [1.165, 1.54) is 0 Å². The van der Waals surface area contributed by atoms with Crippen LogP contribution in [-0.2, 0) is 4.79 Å². The van der Waals surface area contributed by atoms with Crippen LogP contribution < -0.4 is 0 Å². The average molecular weight is 334 g/mol. The van der Waals surface area contributed by atoms with Crippen molar-refractivity contribution in [1.82, 2.24) is 15.0 Å². The maximum Gasteiger partial charge on any atom is 0.249 e. The number of hydrogen-bond acceptors (Lipinski definition) is 4. The molecule has 1 amide bonds. The van der Waals surface area contributed by atoms with Crippen LogP contribution in [0.4, 0.5) is 0 Å². The molecule has 2 heterocycles. The molecule has 5 nitrogen and oxygen atoms in total. The summed E-state index contributed by atoms with van der Waals surface area (Å²) in [5, 5.41) is 4.67. The van der Waals surface area contributed by atoms with Crippen molar-refractivity contribution in [3.8, 4) is 11.4 Å². The van der Waals surface area contributed by atoms with E-state index < -0.39 is 5.41 Å². The summed E-state index contributed by atoms with van der Waals surface area (Å²) >= 11 is 6.00. The van der Waals surface area contributed by atoms with Crippen LogP contribution in [0.2, 0.25) is 5.02 Å². The van der Waals surface area contributed by atoms with Crippen molar-refractivity contribution in [2.75, 3.05) is 6.54 Å². The van der Waals surface area contributed by atoms with Gasteiger partial charge in [0.1, 0.15) is 6.04 Å². The van der Waals surface area contributed by atoms with Gasteiger partial charge in [-0.3, -0.25) is 4.79 Å². The Hall–Kier alpha value is -1.88. The minimum Gasteiger partial charge on any atom is -0.337 e. The third-order valence-electron chi connectivity index (χ3n) is 3.96. The Kier molecular flexibility index (Phi) is 4.15. The molecule has 1 aliphatic heterocycles. The maximum atomic E-state index is 12.6. The maximum absolute atomic E-state index is 12.6. The molecule has 1 atom stereocenters. The first-order valence-electron chi connectivity index (χ1n) is 7.77. The summed E-state index contributed by atoms with van der Waals surface area (Å²) in [4.78, 5) is 18.9. The topological polar surface area (TPSA) is 59.2 Å². The zero-order chi connectivity index (χ0) is 16.6. The number of carbonyl (C=O) groups is 1. The summed E-state index contributed by atoms with van der Waals surface area (Å²) in [5.41, 5.74) is 0.387. The first-order chi connectivity index (χ1) is 10.9. The van der Waals surface area contributed by atoms with Gasteiger partial charge in [0.25, 0.3) is 0 Å². The molecule has 0 N–H and O–H groups in total. The van der Waals surface area contributed by atoms with E-state index in [0.29, 0.717) is 16.7 Å². The lowest BCUT2D eigenvalue weighted by Crippen LogP contribution is -2.39. The highest BCUT2D eigenvalue weighted by Crippen LogP contribution is 2.35. The van der Waals surface area contributed by atoms with Crippen LogP contribution in [0.25, 0.3) is 11.4 Å². The third kappa shape index (κ3) is 3.24. The minimum absolute atomic E-state index is 0.113. The molecule has 0 saturated carbocycles. The van der Waals surface area contributed by atoms with Crippen LogP contribution in [0.3, 0.4) is 0 Å². The zero-order valence-corrected chi connectivity index (χ0v) is 14.3. The van der Waals surface area contributed by atoms with Crippen molar-refractivity contribution in [2.24, 2.45) is 5.41 Å². The number of carbonyl (C=O) groups excluding carboxylic acids is 1. The number of rotatable bonds is 2. The summed E-state index contributed by atoms with van der Waals surface area (Å²) in [6.07, 6.45) is 1.79. The number of halogens is 1. The molecule has 1 saturated heterocycles. The first-order valence-corrected chi connectivity index (χ1v) is 8.14. The molecule has 0 spiro atoms. The van der Waals surface area contributed by atoms with Crippen LogP contribution in [-0.4, -0.2) is 27.5 Å². The third-order valence-corrected chi connectivity index (χ3v) is 4.20. The second-order valence-corrected chi connectivity index (χ2v) is 7.31. The molecule has 0 unspecified atom stereocenters. The molecule has 1 aromatic carbocycles. The van der Waals surface area contributed by atoms with Crippen LogP contribution >= 0.6 is 11.6 Å². The molecule has 0 bridgehead atoms. The monoisotopic (exact) mass is 333 g/mol. The van der Waals surface area contributed by atoms with Gasteiger partial charge in [-0.15, -0.1) is 0 Å². The Morgan fingerprint density at radius 3 is 2.87 bits per heavy atom. The molecule has 1 aliphatic rings. The van der Waals surface area contributed by atoms with Crippen molar-refractivity contribution in [3.05, 3.63) is 35.2 Å². The molecule has 1 fully saturated rings. The highest BCUT2D eigenvalue weighted by molar-refractivity contribution is 6.30. The van der Waals surface area contributed by atoms with Gasteiger partial charge in [-0.25, -0.2) is 0 Å². The molecule has 2 aromatic rings. The largest absolute Gasteiger partial charge is 0.337 e. The number of benzene rings is 1. The molecule has 6 heteroatoms. The smallest absolute Gasteiger partial charge is 0.249 e. The highest BCUT2D eigenvalue weighted by Gasteiger charge is 2.38. The van der Waals surface area contributed by atoms with Gasteiger partial charge in [0, 0.05) is 22.5 Å². The lowest BCUT2D eigenvalue weighted by molar-refractivity contribution is -0.140. The van der Waals surface area contributed by atoms with Gasteiger partial charge >= 0.3 is 0 Å². The van der Waals surface area contributed by atoms with Gasteiger partial charge in [-0.1, -0.05) is 49.7 Å². The standard InChI is InChI=1S/C17H20ClN3O2/c1-17(2,3)16(22)21-9-5-8-13(21)15-19-14(20-23-15)11-6-4-7-12(18)10-11/h4,6-7,10,13H,5,8-9H2,1-3H3/t13-/m1/s1. The predicted molar refractivity (Wildman–Crippen MR) is 87.9 cm³/mol. The molecule has 0 aliphatic carbocycles. The van der Waals surface area contributed by atoms with E-state index in [0.717, 1.165) is 24.9 Å². The molecule has 23 heavy (non-hydrogen) atoms. The van der Waals surface area contributed by atoms with Gasteiger partial charge in [0.05, 0.1) is 0 Å². The number of aromatic nitrogens is 2. The SMILES string of the molecule is CC(C)(C)C(=O)N1CCC[C@@H]1c1nc(-c2cccc(Cl)c2)no1. The van der Waals surface area contributed by atoms with E-state index in [4.69, 9.17) is 16.1 Å². The number of nitrogens with zero attached hydrogens (tertiary/aromatic N) is 3. The Bertz CT molecular complexity index is 721. The van der Waals surface area contributed by atoms with Crippen LogP contribution in [0.5, 0.6) is 0 Å². The Morgan fingerprint density at radius 2 is 2.17 bits per heavy atom. The van der Waals surface area contributed by atoms with Gasteiger partial charge < -0.3 is 9.42 Å².